The molecule has 3 N–H and O–H groups in total. The zero-order valence-corrected chi connectivity index (χ0v) is 21.1. The summed E-state index contributed by atoms with van der Waals surface area (Å²) >= 11 is 0. The molecule has 1 aliphatic carbocycles. The van der Waals surface area contributed by atoms with E-state index in [9.17, 15) is 19.8 Å². The molecule has 0 bridgehead atoms. The van der Waals surface area contributed by atoms with Crippen molar-refractivity contribution in [2.24, 2.45) is 17.3 Å². The number of ether oxygens (including phenoxy) is 1. The number of carboxylic acid groups (broad SMARTS) is 1. The Kier molecular flexibility index (Phi) is 11.6. The van der Waals surface area contributed by atoms with E-state index in [0.717, 1.165) is 24.7 Å². The minimum Gasteiger partial charge on any atom is -0.508 e. The van der Waals surface area contributed by atoms with Crippen molar-refractivity contribution in [1.29, 1.82) is 0 Å². The number of carboxylic acids is 1. The fourth-order valence-corrected chi connectivity index (χ4v) is 4.30. The lowest BCUT2D eigenvalue weighted by atomic mass is 9.76. The third-order valence-electron chi connectivity index (χ3n) is 6.97. The van der Waals surface area contributed by atoms with Gasteiger partial charge in [0.2, 0.25) is 5.91 Å². The van der Waals surface area contributed by atoms with Crippen LogP contribution in [-0.2, 0) is 27.4 Å². The van der Waals surface area contributed by atoms with Crippen LogP contribution in [-0.4, -0.2) is 39.4 Å². The minimum absolute atomic E-state index is 0. The fourth-order valence-electron chi connectivity index (χ4n) is 4.30. The first-order chi connectivity index (χ1) is 16.5. The van der Waals surface area contributed by atoms with E-state index >= 15 is 0 Å². The second kappa shape index (κ2) is 13.6. The Morgan fingerprint density at radius 3 is 2.42 bits per heavy atom. The summed E-state index contributed by atoms with van der Waals surface area (Å²) in [6, 6.07) is 7.64. The smallest absolute Gasteiger partial charge is 0.326 e. The summed E-state index contributed by atoms with van der Waals surface area (Å²) in [7, 11) is 0. The van der Waals surface area contributed by atoms with E-state index in [1.807, 2.05) is 13.0 Å². The first-order valence-electron chi connectivity index (χ1n) is 11.8. The van der Waals surface area contributed by atoms with Crippen molar-refractivity contribution in [3.05, 3.63) is 53.3 Å². The zero-order valence-electron chi connectivity index (χ0n) is 21.1. The number of aromatic nitrogens is 1. The van der Waals surface area contributed by atoms with Crippen molar-refractivity contribution in [1.82, 2.24) is 10.3 Å². The SMILES string of the molecule is C.CC=O.Cc1cccc(O)c1COc1ccc(C[C@H](NC(=O)[C@H]2CC[C@H](C)C2(C)C)C(=O)O)nc1. The van der Waals surface area contributed by atoms with E-state index in [1.54, 1.807) is 24.3 Å². The topological polar surface area (TPSA) is 126 Å². The van der Waals surface area contributed by atoms with Crippen molar-refractivity contribution < 1.29 is 29.3 Å². The van der Waals surface area contributed by atoms with Crippen LogP contribution in [0.25, 0.3) is 0 Å². The van der Waals surface area contributed by atoms with E-state index in [-0.39, 0.29) is 43.4 Å². The number of nitrogens with zero attached hydrogens (tertiary/aromatic N) is 1. The Morgan fingerprint density at radius 1 is 1.25 bits per heavy atom. The molecule has 36 heavy (non-hydrogen) atoms. The molecule has 198 valence electrons. The van der Waals surface area contributed by atoms with Crippen LogP contribution < -0.4 is 10.1 Å². The van der Waals surface area contributed by atoms with Crippen LogP contribution in [0.15, 0.2) is 36.5 Å². The summed E-state index contributed by atoms with van der Waals surface area (Å²) in [6.07, 6.45) is 4.09. The summed E-state index contributed by atoms with van der Waals surface area (Å²) in [5, 5.41) is 22.3. The van der Waals surface area contributed by atoms with Crippen LogP contribution in [0, 0.1) is 24.2 Å². The summed E-state index contributed by atoms with van der Waals surface area (Å²) in [5.41, 5.74) is 2.02. The van der Waals surface area contributed by atoms with Gasteiger partial charge in [-0.05, 0) is 61.8 Å². The van der Waals surface area contributed by atoms with Gasteiger partial charge in [-0.25, -0.2) is 4.79 Å². The lowest BCUT2D eigenvalue weighted by Crippen LogP contribution is -2.47. The molecule has 3 atom stereocenters. The highest BCUT2D eigenvalue weighted by Gasteiger charge is 2.45. The first-order valence-corrected chi connectivity index (χ1v) is 11.8. The Bertz CT molecular complexity index is 999. The second-order valence-corrected chi connectivity index (χ2v) is 9.54. The van der Waals surface area contributed by atoms with Gasteiger partial charge >= 0.3 is 5.97 Å². The van der Waals surface area contributed by atoms with Gasteiger partial charge in [-0.15, -0.1) is 0 Å². The predicted octanol–water partition coefficient (Wildman–Crippen LogP) is 4.70. The number of aldehydes is 1. The van der Waals surface area contributed by atoms with E-state index < -0.39 is 12.0 Å². The Labute approximate surface area is 214 Å². The van der Waals surface area contributed by atoms with E-state index in [2.05, 4.69) is 31.1 Å². The highest BCUT2D eigenvalue weighted by atomic mass is 16.5. The Balaban J connectivity index is 0.00000154. The van der Waals surface area contributed by atoms with Gasteiger partial charge in [0.25, 0.3) is 0 Å². The van der Waals surface area contributed by atoms with Gasteiger partial charge in [0.05, 0.1) is 6.20 Å². The van der Waals surface area contributed by atoms with Crippen molar-refractivity contribution in [2.45, 2.75) is 74.0 Å². The largest absolute Gasteiger partial charge is 0.508 e. The standard InChI is InChI=1S/C25H32N2O5.C2H4O.CH4/c1-15-6-5-7-22(28)19(15)14-32-18-10-9-17(26-13-18)12-21(24(30)31)27-23(29)20-11-8-16(2)25(20,3)4;1-2-3;/h5-7,9-10,13,16,20-21,28H,8,11-12,14H2,1-4H3,(H,27,29)(H,30,31);2H,1H3;1H4/t16-,20+,21-;;/m0../s1. The van der Waals surface area contributed by atoms with Gasteiger partial charge in [0, 0.05) is 23.6 Å². The number of pyridine rings is 1. The van der Waals surface area contributed by atoms with E-state index in [1.165, 1.54) is 13.1 Å². The summed E-state index contributed by atoms with van der Waals surface area (Å²) in [6.45, 7) is 9.82. The molecule has 1 saturated carbocycles. The number of hydrogen-bond donors (Lipinski definition) is 3. The number of aromatic hydroxyl groups is 1. The summed E-state index contributed by atoms with van der Waals surface area (Å²) in [5.74, 6) is -0.383. The molecule has 1 aromatic heterocycles. The maximum absolute atomic E-state index is 12.8. The molecule has 1 aromatic carbocycles. The number of amides is 1. The zero-order chi connectivity index (χ0) is 26.2. The lowest BCUT2D eigenvalue weighted by molar-refractivity contribution is -0.143. The number of aryl methyl sites for hydroxylation is 1. The molecule has 1 amide bonds. The number of nitrogens with one attached hydrogen (secondary N) is 1. The quantitative estimate of drug-likeness (QED) is 0.449. The maximum Gasteiger partial charge on any atom is 0.326 e. The Hall–Kier alpha value is -3.42. The van der Waals surface area contributed by atoms with Crippen molar-refractivity contribution in [2.75, 3.05) is 0 Å². The molecular weight excluding hydrogens is 460 g/mol. The van der Waals surface area contributed by atoms with Crippen LogP contribution in [0.5, 0.6) is 11.5 Å². The maximum atomic E-state index is 12.8. The molecule has 2 aromatic rings. The summed E-state index contributed by atoms with van der Waals surface area (Å²) in [4.78, 5) is 37.7. The number of hydrogen-bond acceptors (Lipinski definition) is 6. The molecule has 0 aliphatic heterocycles. The van der Waals surface area contributed by atoms with Gasteiger partial charge < -0.3 is 25.1 Å². The molecule has 0 radical (unpaired) electrons. The van der Waals surface area contributed by atoms with Crippen LogP contribution >= 0.6 is 0 Å². The van der Waals surface area contributed by atoms with Crippen LogP contribution in [0.1, 0.15) is 64.8 Å². The summed E-state index contributed by atoms with van der Waals surface area (Å²) < 4.78 is 5.72. The average molecular weight is 501 g/mol. The molecule has 1 aliphatic rings. The molecular formula is C28H40N2O6. The number of phenols is 1. The van der Waals surface area contributed by atoms with Gasteiger partial charge in [0.1, 0.15) is 30.4 Å². The number of phenolic OH excluding ortho intramolecular Hbond substituents is 1. The van der Waals surface area contributed by atoms with Crippen molar-refractivity contribution >= 4 is 18.2 Å². The van der Waals surface area contributed by atoms with Crippen LogP contribution in [0.3, 0.4) is 0 Å². The molecule has 1 fully saturated rings. The monoisotopic (exact) mass is 500 g/mol. The number of aliphatic carboxylic acids is 1. The second-order valence-electron chi connectivity index (χ2n) is 9.54. The van der Waals surface area contributed by atoms with Gasteiger partial charge in [0.15, 0.2) is 0 Å². The molecule has 3 rings (SSSR count). The third-order valence-corrected chi connectivity index (χ3v) is 6.97. The van der Waals surface area contributed by atoms with Crippen molar-refractivity contribution in [3.8, 4) is 11.5 Å². The lowest BCUT2D eigenvalue weighted by Gasteiger charge is -2.31. The average Bonchev–Trinajstić information content (AvgIpc) is 3.06. The normalized spacial score (nSPS) is 18.6. The molecule has 0 spiro atoms. The number of benzene rings is 1. The molecule has 8 heteroatoms. The first kappa shape index (κ1) is 30.6. The van der Waals surface area contributed by atoms with E-state index in [0.29, 0.717) is 22.9 Å². The predicted molar refractivity (Wildman–Crippen MR) is 139 cm³/mol. The minimum atomic E-state index is -1.08. The van der Waals surface area contributed by atoms with Crippen LogP contribution in [0.2, 0.25) is 0 Å². The molecule has 8 nitrogen and oxygen atoms in total. The van der Waals surface area contributed by atoms with E-state index in [4.69, 9.17) is 9.53 Å². The van der Waals surface area contributed by atoms with Crippen LogP contribution in [0.4, 0.5) is 0 Å². The van der Waals surface area contributed by atoms with Gasteiger partial charge in [-0.3, -0.25) is 9.78 Å². The highest BCUT2D eigenvalue weighted by molar-refractivity contribution is 5.85. The van der Waals surface area contributed by atoms with Crippen molar-refractivity contribution in [3.63, 3.8) is 0 Å². The van der Waals surface area contributed by atoms with Gasteiger partial charge in [-0.1, -0.05) is 40.3 Å². The molecule has 0 unspecified atom stereocenters. The van der Waals surface area contributed by atoms with Gasteiger partial charge in [-0.2, -0.15) is 0 Å². The molecule has 0 saturated heterocycles. The fraction of sp³-hybridized carbons (Fsp3) is 0.500. The number of carbonyl (C=O) groups is 3. The third kappa shape index (κ3) is 7.80. The number of carbonyl (C=O) groups excluding carboxylic acids is 2. The number of rotatable bonds is 8. The molecule has 1 heterocycles. The highest BCUT2D eigenvalue weighted by Crippen LogP contribution is 2.47. The Morgan fingerprint density at radius 2 is 1.92 bits per heavy atom.